The lowest BCUT2D eigenvalue weighted by Gasteiger charge is -2.13. The van der Waals surface area contributed by atoms with Gasteiger partial charge in [-0.05, 0) is 12.1 Å². The maximum Gasteiger partial charge on any atom is 0.328 e. The molecule has 0 aliphatic rings. The van der Waals surface area contributed by atoms with E-state index in [1.165, 1.54) is 12.1 Å². The Hall–Kier alpha value is -2.66. The summed E-state index contributed by atoms with van der Waals surface area (Å²) in [7, 11) is 0. The van der Waals surface area contributed by atoms with Crippen LogP contribution in [0.2, 0.25) is 0 Å². The fourth-order valence-electron chi connectivity index (χ4n) is 1.25. The molecule has 0 saturated heterocycles. The molecule has 0 amide bonds. The van der Waals surface area contributed by atoms with Gasteiger partial charge in [-0.1, -0.05) is 0 Å². The number of carbonyl (C=O) groups is 1. The van der Waals surface area contributed by atoms with Crippen LogP contribution in [-0.4, -0.2) is 33.8 Å². The smallest absolute Gasteiger partial charge is 0.328 e. The first-order valence-corrected chi connectivity index (χ1v) is 4.78. The third kappa shape index (κ3) is 2.93. The molecular formula is C10H9N3O5. The lowest BCUT2D eigenvalue weighted by molar-refractivity contribution is -0.384. The van der Waals surface area contributed by atoms with E-state index in [2.05, 4.69) is 5.32 Å². The van der Waals surface area contributed by atoms with Gasteiger partial charge in [0.05, 0.1) is 23.2 Å². The number of nitro groups is 1. The molecule has 8 heteroatoms. The van der Waals surface area contributed by atoms with Crippen molar-refractivity contribution in [3.8, 4) is 6.07 Å². The van der Waals surface area contributed by atoms with Gasteiger partial charge in [-0.2, -0.15) is 5.26 Å². The van der Waals surface area contributed by atoms with Crippen LogP contribution in [0.15, 0.2) is 18.2 Å². The van der Waals surface area contributed by atoms with E-state index in [1.54, 1.807) is 6.07 Å². The highest BCUT2D eigenvalue weighted by Crippen LogP contribution is 2.25. The van der Waals surface area contributed by atoms with Crippen molar-refractivity contribution in [2.45, 2.75) is 6.04 Å². The number of aliphatic hydroxyl groups is 1. The Morgan fingerprint density at radius 1 is 1.61 bits per heavy atom. The van der Waals surface area contributed by atoms with E-state index in [4.69, 9.17) is 15.5 Å². The number of hydrogen-bond donors (Lipinski definition) is 3. The predicted molar refractivity (Wildman–Crippen MR) is 59.9 cm³/mol. The van der Waals surface area contributed by atoms with Crippen molar-refractivity contribution >= 4 is 17.3 Å². The number of carboxylic acid groups (broad SMARTS) is 1. The molecule has 1 rings (SSSR count). The van der Waals surface area contributed by atoms with E-state index in [-0.39, 0.29) is 11.3 Å². The Morgan fingerprint density at radius 3 is 2.72 bits per heavy atom. The topological polar surface area (TPSA) is 136 Å². The van der Waals surface area contributed by atoms with Gasteiger partial charge in [0, 0.05) is 6.07 Å². The van der Waals surface area contributed by atoms with Gasteiger partial charge >= 0.3 is 5.97 Å². The van der Waals surface area contributed by atoms with Crippen molar-refractivity contribution in [2.75, 3.05) is 11.9 Å². The second-order valence-electron chi connectivity index (χ2n) is 3.32. The summed E-state index contributed by atoms with van der Waals surface area (Å²) in [5, 5.41) is 39.3. The van der Waals surface area contributed by atoms with Gasteiger partial charge in [-0.25, -0.2) is 4.79 Å². The zero-order valence-corrected chi connectivity index (χ0v) is 9.03. The highest BCUT2D eigenvalue weighted by Gasteiger charge is 2.21. The number of anilines is 1. The van der Waals surface area contributed by atoms with Gasteiger partial charge in [0.1, 0.15) is 11.7 Å². The second kappa shape index (κ2) is 5.60. The predicted octanol–water partition coefficient (Wildman–Crippen LogP) is 0.324. The number of nitrogens with one attached hydrogen (secondary N) is 1. The fraction of sp³-hybridized carbons (Fsp3) is 0.200. The van der Waals surface area contributed by atoms with E-state index < -0.39 is 29.2 Å². The summed E-state index contributed by atoms with van der Waals surface area (Å²) < 4.78 is 0. The van der Waals surface area contributed by atoms with Crippen LogP contribution >= 0.6 is 0 Å². The lowest BCUT2D eigenvalue weighted by atomic mass is 10.1. The van der Waals surface area contributed by atoms with E-state index >= 15 is 0 Å². The Balaban J connectivity index is 3.13. The number of nitro benzene ring substituents is 1. The number of rotatable bonds is 5. The summed E-state index contributed by atoms with van der Waals surface area (Å²) in [6, 6.07) is 3.95. The monoisotopic (exact) mass is 251 g/mol. The summed E-state index contributed by atoms with van der Waals surface area (Å²) in [6.45, 7) is -0.716. The molecule has 0 radical (unpaired) electrons. The average Bonchev–Trinajstić information content (AvgIpc) is 2.35. The van der Waals surface area contributed by atoms with Gasteiger partial charge in [0.25, 0.3) is 5.69 Å². The number of hydrogen-bond acceptors (Lipinski definition) is 6. The molecule has 1 aromatic rings. The lowest BCUT2D eigenvalue weighted by Crippen LogP contribution is -2.32. The molecule has 0 bridgehead atoms. The van der Waals surface area contributed by atoms with Crippen LogP contribution in [0.3, 0.4) is 0 Å². The van der Waals surface area contributed by atoms with Gasteiger partial charge in [-0.3, -0.25) is 10.1 Å². The molecule has 8 nitrogen and oxygen atoms in total. The van der Waals surface area contributed by atoms with Crippen molar-refractivity contribution in [2.24, 2.45) is 0 Å². The molecule has 1 aromatic carbocycles. The Bertz CT molecular complexity index is 523. The summed E-state index contributed by atoms with van der Waals surface area (Å²) >= 11 is 0. The standard InChI is InChI=1S/C10H9N3O5/c11-4-6-1-2-7(9(3-6)13(17)18)12-8(5-14)10(15)16/h1-3,8,12,14H,5H2,(H,15,16). The fourth-order valence-corrected chi connectivity index (χ4v) is 1.25. The SMILES string of the molecule is N#Cc1ccc(NC(CO)C(=O)O)c([N+](=O)[O-])c1. The minimum absolute atomic E-state index is 0.0690. The molecule has 1 unspecified atom stereocenters. The van der Waals surface area contributed by atoms with Crippen LogP contribution in [0.25, 0.3) is 0 Å². The van der Waals surface area contributed by atoms with E-state index in [0.717, 1.165) is 6.07 Å². The van der Waals surface area contributed by atoms with Crippen LogP contribution in [-0.2, 0) is 4.79 Å². The first-order valence-electron chi connectivity index (χ1n) is 4.78. The van der Waals surface area contributed by atoms with Crippen molar-refractivity contribution < 1.29 is 19.9 Å². The van der Waals surface area contributed by atoms with Crippen molar-refractivity contribution in [3.05, 3.63) is 33.9 Å². The average molecular weight is 251 g/mol. The number of aliphatic carboxylic acids is 1. The molecule has 1 atom stereocenters. The Kier molecular flexibility index (Phi) is 4.17. The summed E-state index contributed by atoms with van der Waals surface area (Å²) in [5.74, 6) is -1.34. The zero-order chi connectivity index (χ0) is 13.7. The summed E-state index contributed by atoms with van der Waals surface area (Å²) in [4.78, 5) is 20.7. The molecule has 0 spiro atoms. The summed E-state index contributed by atoms with van der Waals surface area (Å²) in [6.07, 6.45) is 0. The van der Waals surface area contributed by atoms with Gasteiger partial charge < -0.3 is 15.5 Å². The van der Waals surface area contributed by atoms with Gasteiger partial charge in [-0.15, -0.1) is 0 Å². The summed E-state index contributed by atoms with van der Waals surface area (Å²) in [5.41, 5.74) is -0.405. The quantitative estimate of drug-likeness (QED) is 0.506. The van der Waals surface area contributed by atoms with Crippen LogP contribution in [0.1, 0.15) is 5.56 Å². The van der Waals surface area contributed by atoms with E-state index in [9.17, 15) is 14.9 Å². The number of aliphatic hydroxyl groups excluding tert-OH is 1. The number of nitriles is 1. The Morgan fingerprint density at radius 2 is 2.28 bits per heavy atom. The van der Waals surface area contributed by atoms with Crippen molar-refractivity contribution in [1.29, 1.82) is 5.26 Å². The van der Waals surface area contributed by atoms with Crippen LogP contribution in [0.5, 0.6) is 0 Å². The third-order valence-electron chi connectivity index (χ3n) is 2.13. The van der Waals surface area contributed by atoms with Crippen LogP contribution in [0, 0.1) is 21.4 Å². The number of nitrogens with zero attached hydrogens (tertiary/aromatic N) is 2. The van der Waals surface area contributed by atoms with Crippen LogP contribution in [0.4, 0.5) is 11.4 Å². The minimum atomic E-state index is -1.35. The molecule has 3 N–H and O–H groups in total. The highest BCUT2D eigenvalue weighted by atomic mass is 16.6. The molecule has 0 aliphatic heterocycles. The second-order valence-corrected chi connectivity index (χ2v) is 3.32. The molecule has 94 valence electrons. The molecule has 0 aliphatic carbocycles. The molecular weight excluding hydrogens is 242 g/mol. The van der Waals surface area contributed by atoms with Crippen molar-refractivity contribution in [1.82, 2.24) is 0 Å². The van der Waals surface area contributed by atoms with Gasteiger partial charge in [0.2, 0.25) is 0 Å². The van der Waals surface area contributed by atoms with E-state index in [1.807, 2.05) is 0 Å². The Labute approximate surface area is 101 Å². The first kappa shape index (κ1) is 13.4. The highest BCUT2D eigenvalue weighted by molar-refractivity contribution is 5.79. The molecule has 0 fully saturated rings. The number of benzene rings is 1. The number of carboxylic acids is 1. The first-order chi connectivity index (χ1) is 8.49. The largest absolute Gasteiger partial charge is 0.480 e. The molecule has 0 heterocycles. The van der Waals surface area contributed by atoms with Crippen molar-refractivity contribution in [3.63, 3.8) is 0 Å². The van der Waals surface area contributed by atoms with E-state index in [0.29, 0.717) is 0 Å². The van der Waals surface area contributed by atoms with Crippen LogP contribution < -0.4 is 5.32 Å². The zero-order valence-electron chi connectivity index (χ0n) is 9.03. The maximum atomic E-state index is 10.8. The molecule has 0 saturated carbocycles. The van der Waals surface area contributed by atoms with Gasteiger partial charge in [0.15, 0.2) is 0 Å². The molecule has 0 aromatic heterocycles. The normalized spacial score (nSPS) is 11.3. The minimum Gasteiger partial charge on any atom is -0.480 e. The molecule has 18 heavy (non-hydrogen) atoms. The third-order valence-corrected chi connectivity index (χ3v) is 2.13. The maximum absolute atomic E-state index is 10.8.